The van der Waals surface area contributed by atoms with Crippen molar-refractivity contribution in [1.82, 2.24) is 15.2 Å². The molecule has 0 aliphatic carbocycles. The van der Waals surface area contributed by atoms with Gasteiger partial charge in [-0.3, -0.25) is 14.7 Å². The second kappa shape index (κ2) is 7.90. The van der Waals surface area contributed by atoms with Crippen molar-refractivity contribution in [2.75, 3.05) is 20.1 Å². The number of hydrogen-bond donors (Lipinski definition) is 1. The largest absolute Gasteiger partial charge is 0.355 e. The first-order valence-corrected chi connectivity index (χ1v) is 9.43. The van der Waals surface area contributed by atoms with Gasteiger partial charge in [0.05, 0.1) is 6.42 Å². The van der Waals surface area contributed by atoms with Gasteiger partial charge in [0.15, 0.2) is 0 Å². The van der Waals surface area contributed by atoms with Gasteiger partial charge in [0.2, 0.25) is 5.91 Å². The molecular weight excluding hydrogens is 318 g/mol. The second-order valence-corrected chi connectivity index (χ2v) is 7.61. The number of piperidine rings is 1. The summed E-state index contributed by atoms with van der Waals surface area (Å²) in [5.41, 5.74) is 1.94. The molecule has 0 spiro atoms. The Bertz CT molecular complexity index is 654. The summed E-state index contributed by atoms with van der Waals surface area (Å²) in [4.78, 5) is 20.3. The number of amides is 1. The number of carbonyl (C=O) groups is 1. The summed E-state index contributed by atoms with van der Waals surface area (Å²) in [6.45, 7) is 3.82. The number of nitrogens with one attached hydrogen (secondary N) is 1. The number of nitrogens with zero attached hydrogens (tertiary/aromatic N) is 2. The summed E-state index contributed by atoms with van der Waals surface area (Å²) in [6.07, 6.45) is 4.55. The van der Waals surface area contributed by atoms with E-state index >= 15 is 0 Å². The van der Waals surface area contributed by atoms with Gasteiger partial charge in [-0.2, -0.15) is 0 Å². The topological polar surface area (TPSA) is 45.2 Å². The molecule has 3 rings (SSSR count). The fourth-order valence-electron chi connectivity index (χ4n) is 3.48. The minimum Gasteiger partial charge on any atom is -0.355 e. The first-order chi connectivity index (χ1) is 11.6. The third-order valence-electron chi connectivity index (χ3n) is 4.74. The van der Waals surface area contributed by atoms with Gasteiger partial charge in [-0.25, -0.2) is 0 Å². The Balaban J connectivity index is 1.57. The van der Waals surface area contributed by atoms with Crippen molar-refractivity contribution in [3.05, 3.63) is 52.0 Å². The van der Waals surface area contributed by atoms with E-state index in [9.17, 15) is 4.79 Å². The normalized spacial score (nSPS) is 21.6. The molecule has 3 heterocycles. The Kier molecular flexibility index (Phi) is 5.63. The minimum absolute atomic E-state index is 0.0822. The maximum absolute atomic E-state index is 12.3. The molecule has 4 nitrogen and oxygen atoms in total. The lowest BCUT2D eigenvalue weighted by atomic mass is 9.88. The maximum atomic E-state index is 12.3. The predicted octanol–water partition coefficient (Wildman–Crippen LogP) is 3.19. The molecule has 128 valence electrons. The molecule has 1 saturated heterocycles. The number of thiophene rings is 1. The quantitative estimate of drug-likeness (QED) is 0.907. The molecule has 1 fully saturated rings. The summed E-state index contributed by atoms with van der Waals surface area (Å²) in [5.74, 6) is 0.557. The zero-order valence-corrected chi connectivity index (χ0v) is 15.2. The highest BCUT2D eigenvalue weighted by atomic mass is 32.1. The van der Waals surface area contributed by atoms with E-state index in [1.165, 1.54) is 17.7 Å². The standard InChI is InChI=1S/C19H25N3OS/c1-14-7-8-15(12-20-14)11-18(23)21-13-16-5-3-9-22(2)19(16)17-6-4-10-24-17/h4,6-8,10,12,16,19H,3,5,9,11,13H2,1-2H3,(H,21,23)/t16-,19+/m0/s1. The number of pyridine rings is 1. The highest BCUT2D eigenvalue weighted by molar-refractivity contribution is 7.10. The van der Waals surface area contributed by atoms with Gasteiger partial charge in [-0.15, -0.1) is 11.3 Å². The molecule has 2 atom stereocenters. The summed E-state index contributed by atoms with van der Waals surface area (Å²) in [6, 6.07) is 8.67. The van der Waals surface area contributed by atoms with E-state index in [1.807, 2.05) is 30.4 Å². The lowest BCUT2D eigenvalue weighted by Crippen LogP contribution is -2.41. The van der Waals surface area contributed by atoms with Gasteiger partial charge in [0, 0.05) is 29.4 Å². The Hall–Kier alpha value is -1.72. The molecule has 0 aromatic carbocycles. The second-order valence-electron chi connectivity index (χ2n) is 6.63. The molecule has 0 bridgehead atoms. The smallest absolute Gasteiger partial charge is 0.224 e. The number of hydrogen-bond acceptors (Lipinski definition) is 4. The van der Waals surface area contributed by atoms with Crippen LogP contribution in [-0.4, -0.2) is 35.9 Å². The van der Waals surface area contributed by atoms with Crippen LogP contribution in [0.4, 0.5) is 0 Å². The Labute approximate surface area is 147 Å². The van der Waals surface area contributed by atoms with Crippen LogP contribution in [0.2, 0.25) is 0 Å². The van der Waals surface area contributed by atoms with Crippen LogP contribution in [0.1, 0.15) is 35.0 Å². The first kappa shape index (κ1) is 17.1. The van der Waals surface area contributed by atoms with Crippen molar-refractivity contribution >= 4 is 17.2 Å². The number of aromatic nitrogens is 1. The molecule has 2 aromatic rings. The van der Waals surface area contributed by atoms with Crippen LogP contribution in [-0.2, 0) is 11.2 Å². The predicted molar refractivity (Wildman–Crippen MR) is 98.1 cm³/mol. The van der Waals surface area contributed by atoms with E-state index in [0.717, 1.165) is 24.3 Å². The monoisotopic (exact) mass is 343 g/mol. The third kappa shape index (κ3) is 4.22. The van der Waals surface area contributed by atoms with Gasteiger partial charge in [0.1, 0.15) is 0 Å². The van der Waals surface area contributed by atoms with Crippen molar-refractivity contribution in [2.45, 2.75) is 32.2 Å². The highest BCUT2D eigenvalue weighted by Crippen LogP contribution is 2.36. The molecule has 0 saturated carbocycles. The Morgan fingerprint density at radius 2 is 2.29 bits per heavy atom. The van der Waals surface area contributed by atoms with E-state index in [4.69, 9.17) is 0 Å². The lowest BCUT2D eigenvalue weighted by Gasteiger charge is -2.38. The molecule has 2 aromatic heterocycles. The summed E-state index contributed by atoms with van der Waals surface area (Å²) in [5, 5.41) is 5.28. The maximum Gasteiger partial charge on any atom is 0.224 e. The zero-order chi connectivity index (χ0) is 16.9. The van der Waals surface area contributed by atoms with Gasteiger partial charge >= 0.3 is 0 Å². The van der Waals surface area contributed by atoms with Gasteiger partial charge in [0.25, 0.3) is 0 Å². The number of likely N-dealkylation sites (tertiary alicyclic amines) is 1. The fourth-order valence-corrected chi connectivity index (χ4v) is 4.46. The van der Waals surface area contributed by atoms with E-state index < -0.39 is 0 Å². The SMILES string of the molecule is Cc1ccc(CC(=O)NC[C@@H]2CCCN(C)[C@H]2c2cccs2)cn1. The van der Waals surface area contributed by atoms with Crippen molar-refractivity contribution < 1.29 is 4.79 Å². The van der Waals surface area contributed by atoms with Crippen molar-refractivity contribution in [2.24, 2.45) is 5.92 Å². The molecule has 0 radical (unpaired) electrons. The average molecular weight is 343 g/mol. The molecule has 1 amide bonds. The Morgan fingerprint density at radius 3 is 3.00 bits per heavy atom. The number of rotatable bonds is 5. The van der Waals surface area contributed by atoms with Crippen LogP contribution in [0.25, 0.3) is 0 Å². The van der Waals surface area contributed by atoms with Crippen LogP contribution in [0.5, 0.6) is 0 Å². The van der Waals surface area contributed by atoms with E-state index in [1.54, 1.807) is 6.20 Å². The third-order valence-corrected chi connectivity index (χ3v) is 5.68. The van der Waals surface area contributed by atoms with Crippen LogP contribution in [0, 0.1) is 12.8 Å². The highest BCUT2D eigenvalue weighted by Gasteiger charge is 2.31. The van der Waals surface area contributed by atoms with Crippen LogP contribution < -0.4 is 5.32 Å². The minimum atomic E-state index is 0.0822. The van der Waals surface area contributed by atoms with Crippen molar-refractivity contribution in [3.63, 3.8) is 0 Å². The summed E-state index contributed by atoms with van der Waals surface area (Å²) in [7, 11) is 2.19. The number of carbonyl (C=O) groups excluding carboxylic acids is 1. The summed E-state index contributed by atoms with van der Waals surface area (Å²) < 4.78 is 0. The molecule has 0 unspecified atom stereocenters. The molecular formula is C19H25N3OS. The lowest BCUT2D eigenvalue weighted by molar-refractivity contribution is -0.120. The van der Waals surface area contributed by atoms with Gasteiger partial charge in [-0.1, -0.05) is 12.1 Å². The van der Waals surface area contributed by atoms with E-state index in [-0.39, 0.29) is 5.91 Å². The average Bonchev–Trinajstić information content (AvgIpc) is 3.09. The molecule has 24 heavy (non-hydrogen) atoms. The molecule has 5 heteroatoms. The Morgan fingerprint density at radius 1 is 1.42 bits per heavy atom. The zero-order valence-electron chi connectivity index (χ0n) is 14.4. The van der Waals surface area contributed by atoms with Crippen LogP contribution >= 0.6 is 11.3 Å². The van der Waals surface area contributed by atoms with Gasteiger partial charge < -0.3 is 5.32 Å². The van der Waals surface area contributed by atoms with Crippen LogP contribution in [0.15, 0.2) is 35.8 Å². The number of aryl methyl sites for hydroxylation is 1. The fraction of sp³-hybridized carbons (Fsp3) is 0.474. The van der Waals surface area contributed by atoms with Crippen molar-refractivity contribution in [1.29, 1.82) is 0 Å². The van der Waals surface area contributed by atoms with Crippen molar-refractivity contribution in [3.8, 4) is 0 Å². The molecule has 1 aliphatic heterocycles. The molecule has 1 aliphatic rings. The van der Waals surface area contributed by atoms with E-state index in [2.05, 4.69) is 39.8 Å². The summed E-state index contributed by atoms with van der Waals surface area (Å²) >= 11 is 1.81. The van der Waals surface area contributed by atoms with E-state index in [0.29, 0.717) is 18.4 Å². The molecule has 1 N–H and O–H groups in total. The van der Waals surface area contributed by atoms with Crippen LogP contribution in [0.3, 0.4) is 0 Å². The first-order valence-electron chi connectivity index (χ1n) is 8.55. The van der Waals surface area contributed by atoms with Gasteiger partial charge in [-0.05, 0) is 62.4 Å².